The first-order chi connectivity index (χ1) is 14.5. The van der Waals surface area contributed by atoms with E-state index in [2.05, 4.69) is 12.1 Å². The van der Waals surface area contributed by atoms with E-state index >= 15 is 0 Å². The molecule has 0 N–H and O–H groups in total. The van der Waals surface area contributed by atoms with Crippen molar-refractivity contribution < 1.29 is 14.3 Å². The van der Waals surface area contributed by atoms with Gasteiger partial charge in [0.2, 0.25) is 0 Å². The third-order valence-electron chi connectivity index (χ3n) is 4.22. The van der Waals surface area contributed by atoms with Gasteiger partial charge in [0, 0.05) is 5.02 Å². The molecule has 0 atom stereocenters. The molecule has 0 heterocycles. The van der Waals surface area contributed by atoms with E-state index in [1.165, 1.54) is 0 Å². The molecule has 0 aromatic heterocycles. The van der Waals surface area contributed by atoms with Gasteiger partial charge in [-0.15, -0.1) is 0 Å². The lowest BCUT2D eigenvalue weighted by atomic mass is 10.1. The number of hydrogen-bond acceptors (Lipinski definition) is 4. The predicted octanol–water partition coefficient (Wildman–Crippen LogP) is 7.12. The van der Waals surface area contributed by atoms with Crippen LogP contribution in [0.3, 0.4) is 0 Å². The van der Waals surface area contributed by atoms with Crippen LogP contribution in [0.25, 0.3) is 0 Å². The minimum absolute atomic E-state index is 0.196. The fourth-order valence-electron chi connectivity index (χ4n) is 2.71. The van der Waals surface area contributed by atoms with Crippen molar-refractivity contribution in [2.45, 2.75) is 33.1 Å². The van der Waals surface area contributed by atoms with E-state index in [0.29, 0.717) is 24.8 Å². The molecule has 0 unspecified atom stereocenters. The number of aryl methyl sites for hydroxylation is 2. The van der Waals surface area contributed by atoms with E-state index in [1.54, 1.807) is 12.3 Å². The van der Waals surface area contributed by atoms with Crippen LogP contribution in [-0.4, -0.2) is 26.0 Å². The van der Waals surface area contributed by atoms with Gasteiger partial charge in [-0.2, -0.15) is 0 Å². The summed E-state index contributed by atoms with van der Waals surface area (Å²) in [7, 11) is 0. The first kappa shape index (κ1) is 24.4. The number of unbranched alkanes of at least 4 members (excludes halogenated alkanes) is 1. The smallest absolute Gasteiger partial charge is 0.125 e. The molecule has 0 aliphatic carbocycles. The Morgan fingerprint density at radius 2 is 1.77 bits per heavy atom. The monoisotopic (exact) mass is 469 g/mol. The normalized spacial score (nSPS) is 10.8. The number of rotatable bonds is 12. The highest BCUT2D eigenvalue weighted by molar-refractivity contribution is 6.55. The SMILES string of the molecule is CCc1cc(OCC=C(Cl)Cl)cc(C)c1OCCCCO/N=C/c1ccc(Cl)cc1. The largest absolute Gasteiger partial charge is 0.493 e. The van der Waals surface area contributed by atoms with Gasteiger partial charge >= 0.3 is 0 Å². The van der Waals surface area contributed by atoms with Crippen LogP contribution in [0, 0.1) is 6.92 Å². The molecule has 2 aromatic rings. The van der Waals surface area contributed by atoms with Crippen LogP contribution < -0.4 is 9.47 Å². The molecule has 0 aliphatic heterocycles. The van der Waals surface area contributed by atoms with Crippen LogP contribution in [0.1, 0.15) is 36.5 Å². The number of benzene rings is 2. The second-order valence-corrected chi connectivity index (χ2v) is 8.01. The highest BCUT2D eigenvalue weighted by Crippen LogP contribution is 2.30. The molecule has 0 fully saturated rings. The minimum atomic E-state index is 0.196. The lowest BCUT2D eigenvalue weighted by molar-refractivity contribution is 0.137. The van der Waals surface area contributed by atoms with Crippen LogP contribution in [-0.2, 0) is 11.3 Å². The lowest BCUT2D eigenvalue weighted by Crippen LogP contribution is -2.04. The summed E-state index contributed by atoms with van der Waals surface area (Å²) in [6.45, 7) is 5.58. The Morgan fingerprint density at radius 3 is 2.47 bits per heavy atom. The molecule has 0 amide bonds. The molecular formula is C23H26Cl3NO3. The van der Waals surface area contributed by atoms with Crippen molar-refractivity contribution >= 4 is 41.0 Å². The standard InChI is InChI=1S/C23H26Cl3NO3/c1-3-19-15-21(28-13-10-22(25)26)14-17(2)23(19)29-11-4-5-12-30-27-16-18-6-8-20(24)9-7-18/h6-10,14-16H,3-5,11-13H2,1-2H3/b27-16+. The Hall–Kier alpha value is -1.88. The summed E-state index contributed by atoms with van der Waals surface area (Å²) in [4.78, 5) is 5.30. The third kappa shape index (κ3) is 8.86. The molecule has 0 aliphatic rings. The Kier molecular flexibility index (Phi) is 10.9. The quantitative estimate of drug-likeness (QED) is 0.188. The number of nitrogens with zero attached hydrogens (tertiary/aromatic N) is 1. The number of halogens is 3. The lowest BCUT2D eigenvalue weighted by Gasteiger charge is -2.15. The summed E-state index contributed by atoms with van der Waals surface area (Å²) in [5.41, 5.74) is 3.09. The van der Waals surface area contributed by atoms with Crippen LogP contribution in [0.15, 0.2) is 52.1 Å². The maximum atomic E-state index is 6.03. The highest BCUT2D eigenvalue weighted by atomic mass is 35.5. The Bertz CT molecular complexity index is 848. The Labute approximate surface area is 193 Å². The molecule has 4 nitrogen and oxygen atoms in total. The van der Waals surface area contributed by atoms with Crippen molar-refractivity contribution in [2.24, 2.45) is 5.16 Å². The number of ether oxygens (including phenoxy) is 2. The summed E-state index contributed by atoms with van der Waals surface area (Å²) < 4.78 is 11.9. The molecular weight excluding hydrogens is 445 g/mol. The fourth-order valence-corrected chi connectivity index (χ4v) is 2.96. The summed E-state index contributed by atoms with van der Waals surface area (Å²) in [6.07, 6.45) is 5.85. The van der Waals surface area contributed by atoms with E-state index in [4.69, 9.17) is 49.1 Å². The van der Waals surface area contributed by atoms with Crippen molar-refractivity contribution in [1.82, 2.24) is 0 Å². The minimum Gasteiger partial charge on any atom is -0.493 e. The Morgan fingerprint density at radius 1 is 1.03 bits per heavy atom. The zero-order chi connectivity index (χ0) is 21.8. The average molecular weight is 471 g/mol. The molecule has 0 saturated heterocycles. The van der Waals surface area contributed by atoms with Gasteiger partial charge in [-0.1, -0.05) is 59.0 Å². The van der Waals surface area contributed by atoms with Gasteiger partial charge in [0.25, 0.3) is 0 Å². The van der Waals surface area contributed by atoms with Gasteiger partial charge < -0.3 is 14.3 Å². The van der Waals surface area contributed by atoms with E-state index < -0.39 is 0 Å². The summed E-state index contributed by atoms with van der Waals surface area (Å²) in [5.74, 6) is 1.69. The van der Waals surface area contributed by atoms with E-state index in [0.717, 1.165) is 47.5 Å². The first-order valence-electron chi connectivity index (χ1n) is 9.80. The van der Waals surface area contributed by atoms with Gasteiger partial charge in [-0.25, -0.2) is 0 Å². The van der Waals surface area contributed by atoms with Crippen LogP contribution in [0.4, 0.5) is 0 Å². The topological polar surface area (TPSA) is 40.0 Å². The van der Waals surface area contributed by atoms with Gasteiger partial charge in [0.1, 0.15) is 29.2 Å². The maximum absolute atomic E-state index is 6.03. The molecule has 30 heavy (non-hydrogen) atoms. The fraction of sp³-hybridized carbons (Fsp3) is 0.348. The molecule has 0 bridgehead atoms. The second-order valence-electron chi connectivity index (χ2n) is 6.56. The molecule has 7 heteroatoms. The summed E-state index contributed by atoms with van der Waals surface area (Å²) in [6, 6.07) is 11.4. The van der Waals surface area contributed by atoms with Crippen molar-refractivity contribution in [1.29, 1.82) is 0 Å². The molecule has 162 valence electrons. The van der Waals surface area contributed by atoms with Crippen LogP contribution in [0.2, 0.25) is 5.02 Å². The van der Waals surface area contributed by atoms with Gasteiger partial charge in [0.05, 0.1) is 12.8 Å². The summed E-state index contributed by atoms with van der Waals surface area (Å²) in [5, 5.41) is 4.67. The molecule has 2 aromatic carbocycles. The van der Waals surface area contributed by atoms with Crippen molar-refractivity contribution in [3.63, 3.8) is 0 Å². The van der Waals surface area contributed by atoms with Crippen molar-refractivity contribution in [2.75, 3.05) is 19.8 Å². The van der Waals surface area contributed by atoms with Gasteiger partial charge in [-0.3, -0.25) is 0 Å². The maximum Gasteiger partial charge on any atom is 0.125 e. The average Bonchev–Trinajstić information content (AvgIpc) is 2.72. The zero-order valence-electron chi connectivity index (χ0n) is 17.2. The van der Waals surface area contributed by atoms with Crippen molar-refractivity contribution in [3.8, 4) is 11.5 Å². The van der Waals surface area contributed by atoms with E-state index in [1.807, 2.05) is 43.3 Å². The number of hydrogen-bond donors (Lipinski definition) is 0. The summed E-state index contributed by atoms with van der Waals surface area (Å²) >= 11 is 17.1. The van der Waals surface area contributed by atoms with Crippen LogP contribution in [0.5, 0.6) is 11.5 Å². The van der Waals surface area contributed by atoms with Crippen molar-refractivity contribution in [3.05, 3.63) is 68.7 Å². The zero-order valence-corrected chi connectivity index (χ0v) is 19.4. The molecule has 2 rings (SSSR count). The van der Waals surface area contributed by atoms with Crippen LogP contribution >= 0.6 is 34.8 Å². The predicted molar refractivity (Wildman–Crippen MR) is 126 cm³/mol. The number of oxime groups is 1. The Balaban J connectivity index is 1.73. The molecule has 0 radical (unpaired) electrons. The molecule has 0 spiro atoms. The molecule has 0 saturated carbocycles. The first-order valence-corrected chi connectivity index (χ1v) is 10.9. The van der Waals surface area contributed by atoms with E-state index in [-0.39, 0.29) is 4.49 Å². The highest BCUT2D eigenvalue weighted by Gasteiger charge is 2.09. The van der Waals surface area contributed by atoms with E-state index in [9.17, 15) is 0 Å². The van der Waals surface area contributed by atoms with Gasteiger partial charge in [0.15, 0.2) is 0 Å². The second kappa shape index (κ2) is 13.4. The third-order valence-corrected chi connectivity index (χ3v) is 4.78. The van der Waals surface area contributed by atoms with Gasteiger partial charge in [-0.05, 0) is 73.2 Å².